The molecule has 1 N–H and O–H groups in total. The second-order valence-corrected chi connectivity index (χ2v) is 8.73. The molecule has 1 amide bonds. The van der Waals surface area contributed by atoms with Gasteiger partial charge in [0.25, 0.3) is 0 Å². The highest BCUT2D eigenvalue weighted by Crippen LogP contribution is 2.24. The molecule has 0 fully saturated rings. The van der Waals surface area contributed by atoms with Crippen LogP contribution in [-0.2, 0) is 21.4 Å². The molecule has 0 aromatic heterocycles. The molecule has 2 aromatic carbocycles. The van der Waals surface area contributed by atoms with E-state index in [1.54, 1.807) is 19.1 Å². The number of nitrogens with zero attached hydrogens (tertiary/aromatic N) is 1. The van der Waals surface area contributed by atoms with Crippen LogP contribution in [0.15, 0.2) is 42.5 Å². The Morgan fingerprint density at radius 1 is 1.11 bits per heavy atom. The van der Waals surface area contributed by atoms with E-state index in [0.717, 1.165) is 28.7 Å². The molecule has 2 rings (SSSR count). The minimum atomic E-state index is -3.63. The van der Waals surface area contributed by atoms with Gasteiger partial charge in [0.2, 0.25) is 15.9 Å². The van der Waals surface area contributed by atoms with Crippen LogP contribution in [0.25, 0.3) is 0 Å². The first-order chi connectivity index (χ1) is 13.1. The van der Waals surface area contributed by atoms with Crippen LogP contribution in [0.3, 0.4) is 0 Å². The molecular formula is C21H28N2O4S. The number of ether oxygens (including phenoxy) is 1. The summed E-state index contributed by atoms with van der Waals surface area (Å²) in [6.07, 6.45) is 1.11. The second kappa shape index (κ2) is 9.10. The highest BCUT2D eigenvalue weighted by molar-refractivity contribution is 7.92. The Labute approximate surface area is 167 Å². The van der Waals surface area contributed by atoms with E-state index in [1.807, 2.05) is 51.1 Å². The molecule has 0 aliphatic carbocycles. The summed E-state index contributed by atoms with van der Waals surface area (Å²) in [5.41, 5.74) is 3.27. The van der Waals surface area contributed by atoms with Crippen LogP contribution in [0.5, 0.6) is 5.75 Å². The van der Waals surface area contributed by atoms with Gasteiger partial charge in [0, 0.05) is 6.54 Å². The van der Waals surface area contributed by atoms with Crippen molar-refractivity contribution in [1.82, 2.24) is 5.32 Å². The summed E-state index contributed by atoms with van der Waals surface area (Å²) in [7, 11) is -3.63. The molecule has 1 unspecified atom stereocenters. The molecule has 28 heavy (non-hydrogen) atoms. The Morgan fingerprint density at radius 3 is 2.18 bits per heavy atom. The van der Waals surface area contributed by atoms with Gasteiger partial charge in [-0.3, -0.25) is 9.10 Å². The fourth-order valence-corrected chi connectivity index (χ4v) is 4.25. The summed E-state index contributed by atoms with van der Waals surface area (Å²) in [6.45, 7) is 8.19. The summed E-state index contributed by atoms with van der Waals surface area (Å²) in [6, 6.07) is 12.0. The minimum absolute atomic E-state index is 0.306. The molecule has 0 aliphatic rings. The Morgan fingerprint density at radius 2 is 1.68 bits per heavy atom. The topological polar surface area (TPSA) is 75.7 Å². The van der Waals surface area contributed by atoms with E-state index < -0.39 is 16.1 Å². The van der Waals surface area contributed by atoms with Crippen molar-refractivity contribution in [2.75, 3.05) is 17.2 Å². The summed E-state index contributed by atoms with van der Waals surface area (Å²) in [4.78, 5) is 12.7. The Hall–Kier alpha value is -2.54. The zero-order valence-corrected chi connectivity index (χ0v) is 17.8. The summed E-state index contributed by atoms with van der Waals surface area (Å²) in [5, 5.41) is 2.82. The molecule has 0 saturated heterocycles. The van der Waals surface area contributed by atoms with E-state index in [-0.39, 0.29) is 5.91 Å². The van der Waals surface area contributed by atoms with Crippen LogP contribution in [0.4, 0.5) is 5.69 Å². The summed E-state index contributed by atoms with van der Waals surface area (Å²) < 4.78 is 31.4. The average molecular weight is 405 g/mol. The zero-order chi connectivity index (χ0) is 20.9. The number of sulfonamides is 1. The number of rotatable bonds is 8. The highest BCUT2D eigenvalue weighted by atomic mass is 32.2. The largest absolute Gasteiger partial charge is 0.494 e. The number of nitrogens with one attached hydrogen (secondary N) is 1. The molecule has 0 heterocycles. The molecular weight excluding hydrogens is 376 g/mol. The van der Waals surface area contributed by atoms with E-state index in [1.165, 1.54) is 4.31 Å². The molecule has 2 aromatic rings. The number of carbonyl (C=O) groups is 1. The predicted octanol–water partition coefficient (Wildman–Crippen LogP) is 3.17. The summed E-state index contributed by atoms with van der Waals surface area (Å²) in [5.74, 6) is 0.405. The smallest absolute Gasteiger partial charge is 0.243 e. The molecule has 7 heteroatoms. The van der Waals surface area contributed by atoms with Crippen molar-refractivity contribution in [2.24, 2.45) is 0 Å². The van der Waals surface area contributed by atoms with Gasteiger partial charge in [-0.25, -0.2) is 8.42 Å². The van der Waals surface area contributed by atoms with Gasteiger partial charge in [0.1, 0.15) is 11.8 Å². The van der Waals surface area contributed by atoms with Gasteiger partial charge in [-0.15, -0.1) is 0 Å². The molecule has 0 radical (unpaired) electrons. The number of hydrogen-bond donors (Lipinski definition) is 1. The van der Waals surface area contributed by atoms with Crippen molar-refractivity contribution in [2.45, 2.75) is 40.3 Å². The third kappa shape index (κ3) is 5.73. The van der Waals surface area contributed by atoms with E-state index in [2.05, 4.69) is 5.32 Å². The number of amides is 1. The molecule has 6 nitrogen and oxygen atoms in total. The summed E-state index contributed by atoms with van der Waals surface area (Å²) >= 11 is 0. The van der Waals surface area contributed by atoms with Crippen molar-refractivity contribution in [3.05, 3.63) is 59.2 Å². The van der Waals surface area contributed by atoms with E-state index in [4.69, 9.17) is 4.74 Å². The number of anilines is 1. The van der Waals surface area contributed by atoms with Gasteiger partial charge in [-0.1, -0.05) is 18.2 Å². The SMILES string of the molecule is CCOc1ccc(CNC(=O)C(C)N(c2cc(C)cc(C)c2)S(C)(=O)=O)cc1. The molecule has 0 spiro atoms. The fourth-order valence-electron chi connectivity index (χ4n) is 3.09. The lowest BCUT2D eigenvalue weighted by Crippen LogP contribution is -2.47. The van der Waals surface area contributed by atoms with Gasteiger partial charge in [-0.2, -0.15) is 0 Å². The first-order valence-corrected chi connectivity index (χ1v) is 11.0. The molecule has 0 saturated carbocycles. The lowest BCUT2D eigenvalue weighted by atomic mass is 10.1. The van der Waals surface area contributed by atoms with Crippen LogP contribution in [-0.4, -0.2) is 33.2 Å². The monoisotopic (exact) mass is 404 g/mol. The third-order valence-electron chi connectivity index (χ3n) is 4.25. The minimum Gasteiger partial charge on any atom is -0.494 e. The Balaban J connectivity index is 2.15. The maximum atomic E-state index is 12.7. The number of carbonyl (C=O) groups excluding carboxylic acids is 1. The van der Waals surface area contributed by atoms with Crippen LogP contribution in [0.2, 0.25) is 0 Å². The quantitative estimate of drug-likeness (QED) is 0.733. The van der Waals surface area contributed by atoms with Gasteiger partial charge in [-0.05, 0) is 68.7 Å². The van der Waals surface area contributed by atoms with Gasteiger partial charge < -0.3 is 10.1 Å². The van der Waals surface area contributed by atoms with Crippen LogP contribution in [0.1, 0.15) is 30.5 Å². The maximum absolute atomic E-state index is 12.7. The van der Waals surface area contributed by atoms with Crippen molar-refractivity contribution >= 4 is 21.6 Å². The number of hydrogen-bond acceptors (Lipinski definition) is 4. The van der Waals surface area contributed by atoms with Crippen molar-refractivity contribution in [3.8, 4) is 5.75 Å². The predicted molar refractivity (Wildman–Crippen MR) is 112 cm³/mol. The molecule has 0 bridgehead atoms. The Kier molecular flexibility index (Phi) is 7.07. The highest BCUT2D eigenvalue weighted by Gasteiger charge is 2.29. The van der Waals surface area contributed by atoms with E-state index in [0.29, 0.717) is 18.8 Å². The molecule has 0 aliphatic heterocycles. The van der Waals surface area contributed by atoms with Gasteiger partial charge in [0.05, 0.1) is 18.6 Å². The fraction of sp³-hybridized carbons (Fsp3) is 0.381. The van der Waals surface area contributed by atoms with Crippen molar-refractivity contribution in [1.29, 1.82) is 0 Å². The van der Waals surface area contributed by atoms with Gasteiger partial charge >= 0.3 is 0 Å². The van der Waals surface area contributed by atoms with Gasteiger partial charge in [0.15, 0.2) is 0 Å². The molecule has 1 atom stereocenters. The first kappa shape index (κ1) is 21.8. The standard InChI is InChI=1S/C21H28N2O4S/c1-6-27-20-9-7-18(8-10-20)14-22-21(24)17(4)23(28(5,25)26)19-12-15(2)11-16(3)13-19/h7-13,17H,6,14H2,1-5H3,(H,22,24). The van der Waals surface area contributed by atoms with Crippen molar-refractivity contribution < 1.29 is 17.9 Å². The number of aryl methyl sites for hydroxylation is 2. The van der Waals surface area contributed by atoms with E-state index >= 15 is 0 Å². The maximum Gasteiger partial charge on any atom is 0.243 e. The van der Waals surface area contributed by atoms with Crippen LogP contribution >= 0.6 is 0 Å². The first-order valence-electron chi connectivity index (χ1n) is 9.19. The third-order valence-corrected chi connectivity index (χ3v) is 5.49. The van der Waals surface area contributed by atoms with E-state index in [9.17, 15) is 13.2 Å². The lowest BCUT2D eigenvalue weighted by molar-refractivity contribution is -0.122. The normalized spacial score (nSPS) is 12.3. The zero-order valence-electron chi connectivity index (χ0n) is 17.0. The van der Waals surface area contributed by atoms with Crippen molar-refractivity contribution in [3.63, 3.8) is 0 Å². The average Bonchev–Trinajstić information content (AvgIpc) is 2.59. The number of benzene rings is 2. The van der Waals surface area contributed by atoms with Crippen LogP contribution in [0, 0.1) is 13.8 Å². The lowest BCUT2D eigenvalue weighted by Gasteiger charge is -2.28. The molecule has 152 valence electrons. The second-order valence-electron chi connectivity index (χ2n) is 6.88. The van der Waals surface area contributed by atoms with Crippen LogP contribution < -0.4 is 14.4 Å². The Bertz CT molecular complexity index is 904.